The van der Waals surface area contributed by atoms with Gasteiger partial charge in [0.2, 0.25) is 0 Å². The van der Waals surface area contributed by atoms with Gasteiger partial charge in [0.1, 0.15) is 17.7 Å². The summed E-state index contributed by atoms with van der Waals surface area (Å²) in [6.07, 6.45) is 1.53. The third-order valence-corrected chi connectivity index (χ3v) is 5.69. The number of aromatic nitrogens is 3. The van der Waals surface area contributed by atoms with Gasteiger partial charge in [-0.05, 0) is 38.1 Å². The van der Waals surface area contributed by atoms with Crippen LogP contribution in [0.1, 0.15) is 38.5 Å². The summed E-state index contributed by atoms with van der Waals surface area (Å²) in [4.78, 5) is 15.3. The summed E-state index contributed by atoms with van der Waals surface area (Å²) in [5.74, 6) is 0.515. The van der Waals surface area contributed by atoms with Crippen LogP contribution in [-0.4, -0.2) is 50.0 Å². The van der Waals surface area contributed by atoms with Crippen molar-refractivity contribution in [2.24, 2.45) is 0 Å². The standard InChI is InChI=1S/C22H25ClFN5O3/c1-22(2,31)19(30)16-10-15-17(11-26-16)28-21(20(25)27-15)29-7-5-13(6-8-29)32-18-4-3-12(23)9-14(18)24/h3-4,9-11,13,19,30-31H,5-8H2,1-2H3,(H2,25,27). The molecule has 1 aliphatic heterocycles. The molecule has 0 spiro atoms. The molecule has 8 nitrogen and oxygen atoms in total. The fourth-order valence-electron chi connectivity index (χ4n) is 3.66. The van der Waals surface area contributed by atoms with E-state index in [1.807, 2.05) is 4.90 Å². The number of nitrogens with zero attached hydrogens (tertiary/aromatic N) is 4. The Labute approximate surface area is 189 Å². The lowest BCUT2D eigenvalue weighted by molar-refractivity contribution is -0.0516. The van der Waals surface area contributed by atoms with Gasteiger partial charge in [0, 0.05) is 31.0 Å². The number of ether oxygens (including phenoxy) is 1. The summed E-state index contributed by atoms with van der Waals surface area (Å²) in [5, 5.41) is 20.6. The maximum absolute atomic E-state index is 14.0. The molecule has 3 heterocycles. The normalized spacial score (nSPS) is 16.4. The van der Waals surface area contributed by atoms with Crippen molar-refractivity contribution in [3.05, 3.63) is 47.0 Å². The van der Waals surface area contributed by atoms with E-state index in [9.17, 15) is 14.6 Å². The largest absolute Gasteiger partial charge is 0.487 e. The fourth-order valence-corrected chi connectivity index (χ4v) is 3.82. The Morgan fingerprint density at radius 3 is 2.59 bits per heavy atom. The molecule has 0 saturated carbocycles. The number of benzene rings is 1. The molecule has 0 aliphatic carbocycles. The van der Waals surface area contributed by atoms with Gasteiger partial charge < -0.3 is 25.6 Å². The summed E-state index contributed by atoms with van der Waals surface area (Å²) in [7, 11) is 0. The van der Waals surface area contributed by atoms with Crippen LogP contribution in [0.2, 0.25) is 5.02 Å². The van der Waals surface area contributed by atoms with Crippen molar-refractivity contribution < 1.29 is 19.3 Å². The molecule has 1 aromatic carbocycles. The molecule has 1 aliphatic rings. The first kappa shape index (κ1) is 22.4. The summed E-state index contributed by atoms with van der Waals surface area (Å²) in [6.45, 7) is 4.24. The Balaban J connectivity index is 1.47. The topological polar surface area (TPSA) is 118 Å². The van der Waals surface area contributed by atoms with Crippen molar-refractivity contribution in [3.63, 3.8) is 0 Å². The number of hydrogen-bond acceptors (Lipinski definition) is 8. The highest BCUT2D eigenvalue weighted by atomic mass is 35.5. The zero-order valence-corrected chi connectivity index (χ0v) is 18.6. The number of rotatable bonds is 5. The van der Waals surface area contributed by atoms with Gasteiger partial charge in [-0.3, -0.25) is 4.98 Å². The molecule has 2 aromatic heterocycles. The molecule has 3 aromatic rings. The Morgan fingerprint density at radius 1 is 1.22 bits per heavy atom. The molecule has 170 valence electrons. The molecular weight excluding hydrogens is 437 g/mol. The van der Waals surface area contributed by atoms with Gasteiger partial charge in [-0.2, -0.15) is 0 Å². The molecule has 0 radical (unpaired) electrons. The highest BCUT2D eigenvalue weighted by molar-refractivity contribution is 6.30. The average Bonchev–Trinajstić information content (AvgIpc) is 2.74. The minimum absolute atomic E-state index is 0.135. The number of aliphatic hydroxyl groups excluding tert-OH is 1. The summed E-state index contributed by atoms with van der Waals surface area (Å²) in [5.41, 5.74) is 6.14. The first-order valence-electron chi connectivity index (χ1n) is 10.3. The highest BCUT2D eigenvalue weighted by Crippen LogP contribution is 2.30. The first-order chi connectivity index (χ1) is 15.1. The van der Waals surface area contributed by atoms with Crippen molar-refractivity contribution in [1.82, 2.24) is 15.0 Å². The van der Waals surface area contributed by atoms with Crippen LogP contribution in [0.25, 0.3) is 11.0 Å². The van der Waals surface area contributed by atoms with Crippen LogP contribution in [0.15, 0.2) is 30.5 Å². The van der Waals surface area contributed by atoms with Crippen molar-refractivity contribution >= 4 is 34.3 Å². The predicted octanol–water partition coefficient (Wildman–Crippen LogP) is 3.25. The molecule has 10 heteroatoms. The monoisotopic (exact) mass is 461 g/mol. The van der Waals surface area contributed by atoms with E-state index in [1.165, 1.54) is 32.2 Å². The van der Waals surface area contributed by atoms with Crippen LogP contribution in [0, 0.1) is 5.82 Å². The second-order valence-electron chi connectivity index (χ2n) is 8.47. The first-order valence-corrected chi connectivity index (χ1v) is 10.7. The van der Waals surface area contributed by atoms with E-state index >= 15 is 0 Å². The maximum Gasteiger partial charge on any atom is 0.172 e. The van der Waals surface area contributed by atoms with Crippen LogP contribution in [-0.2, 0) is 0 Å². The number of aliphatic hydroxyl groups is 2. The third-order valence-electron chi connectivity index (χ3n) is 5.46. The minimum Gasteiger partial charge on any atom is -0.487 e. The van der Waals surface area contributed by atoms with E-state index in [-0.39, 0.29) is 17.7 Å². The Bertz CT molecular complexity index is 1130. The Hall–Kier alpha value is -2.75. The lowest BCUT2D eigenvalue weighted by Gasteiger charge is -2.33. The molecule has 1 unspecified atom stereocenters. The van der Waals surface area contributed by atoms with Crippen LogP contribution in [0.4, 0.5) is 16.0 Å². The average molecular weight is 462 g/mol. The van der Waals surface area contributed by atoms with Gasteiger partial charge >= 0.3 is 0 Å². The van der Waals surface area contributed by atoms with E-state index < -0.39 is 17.5 Å². The Kier molecular flexibility index (Phi) is 6.07. The summed E-state index contributed by atoms with van der Waals surface area (Å²) < 4.78 is 19.8. The smallest absolute Gasteiger partial charge is 0.172 e. The summed E-state index contributed by atoms with van der Waals surface area (Å²) in [6, 6.07) is 5.94. The van der Waals surface area contributed by atoms with Crippen LogP contribution >= 0.6 is 11.6 Å². The van der Waals surface area contributed by atoms with Crippen molar-refractivity contribution in [2.75, 3.05) is 23.7 Å². The molecule has 4 rings (SSSR count). The van der Waals surface area contributed by atoms with Crippen molar-refractivity contribution in [2.45, 2.75) is 44.5 Å². The second-order valence-corrected chi connectivity index (χ2v) is 8.90. The lowest BCUT2D eigenvalue weighted by atomic mass is 9.98. The zero-order chi connectivity index (χ0) is 23.0. The number of nitrogen functional groups attached to an aromatic ring is 1. The van der Waals surface area contributed by atoms with Gasteiger partial charge in [0.25, 0.3) is 0 Å². The van der Waals surface area contributed by atoms with Crippen molar-refractivity contribution in [1.29, 1.82) is 0 Å². The molecule has 1 atom stereocenters. The van der Waals surface area contributed by atoms with Crippen LogP contribution < -0.4 is 15.4 Å². The van der Waals surface area contributed by atoms with Crippen LogP contribution in [0.3, 0.4) is 0 Å². The summed E-state index contributed by atoms with van der Waals surface area (Å²) >= 11 is 5.79. The minimum atomic E-state index is -1.35. The van der Waals surface area contributed by atoms with Gasteiger partial charge in [-0.1, -0.05) is 11.6 Å². The number of piperidine rings is 1. The molecular formula is C22H25ClFN5O3. The van der Waals surface area contributed by atoms with Crippen molar-refractivity contribution in [3.8, 4) is 5.75 Å². The molecule has 4 N–H and O–H groups in total. The maximum atomic E-state index is 14.0. The predicted molar refractivity (Wildman–Crippen MR) is 120 cm³/mol. The molecule has 1 saturated heterocycles. The van der Waals surface area contributed by atoms with E-state index in [2.05, 4.69) is 15.0 Å². The number of pyridine rings is 1. The number of hydrogen-bond donors (Lipinski definition) is 3. The van der Waals surface area contributed by atoms with E-state index in [0.717, 1.165) is 0 Å². The fraction of sp³-hybridized carbons (Fsp3) is 0.409. The van der Waals surface area contributed by atoms with Gasteiger partial charge in [-0.15, -0.1) is 0 Å². The van der Waals surface area contributed by atoms with Crippen LogP contribution in [0.5, 0.6) is 5.75 Å². The Morgan fingerprint density at radius 2 is 1.94 bits per heavy atom. The number of halogens is 2. The third kappa shape index (κ3) is 4.69. The number of anilines is 2. The molecule has 1 fully saturated rings. The van der Waals surface area contributed by atoms with Gasteiger partial charge in [0.05, 0.1) is 23.0 Å². The molecule has 0 amide bonds. The molecule has 32 heavy (non-hydrogen) atoms. The second kappa shape index (κ2) is 8.65. The zero-order valence-electron chi connectivity index (χ0n) is 17.8. The van der Waals surface area contributed by atoms with E-state index in [0.29, 0.717) is 53.5 Å². The quantitative estimate of drug-likeness (QED) is 0.530. The number of nitrogens with two attached hydrogens (primary N) is 1. The SMILES string of the molecule is CC(C)(O)C(O)c1cc2nc(N)c(N3CCC(Oc4ccc(Cl)cc4F)CC3)nc2cn1. The van der Waals surface area contributed by atoms with Gasteiger partial charge in [0.15, 0.2) is 23.2 Å². The molecule has 0 bridgehead atoms. The number of fused-ring (bicyclic) bond motifs is 1. The lowest BCUT2D eigenvalue weighted by Crippen LogP contribution is -2.39. The highest BCUT2D eigenvalue weighted by Gasteiger charge is 2.28. The van der Waals surface area contributed by atoms with E-state index in [1.54, 1.807) is 12.1 Å². The van der Waals surface area contributed by atoms with E-state index in [4.69, 9.17) is 22.1 Å². The van der Waals surface area contributed by atoms with Gasteiger partial charge in [-0.25, -0.2) is 14.4 Å².